The molecule has 1 amide bonds. The van der Waals surface area contributed by atoms with Crippen molar-refractivity contribution in [3.05, 3.63) is 34.7 Å². The molecule has 0 bridgehead atoms. The summed E-state index contributed by atoms with van der Waals surface area (Å²) in [6.45, 7) is 6.99. The van der Waals surface area contributed by atoms with Crippen LogP contribution in [0.25, 0.3) is 10.6 Å². The second-order valence-corrected chi connectivity index (χ2v) is 9.10. The normalized spacial score (nSPS) is 13.1. The molecule has 0 unspecified atom stereocenters. The maximum atomic E-state index is 13.5. The lowest BCUT2D eigenvalue weighted by atomic mass is 10.1. The fraction of sp³-hybridized carbons (Fsp3) is 0.389. The topological polar surface area (TPSA) is 65.8 Å². The van der Waals surface area contributed by atoms with Crippen molar-refractivity contribution in [1.29, 1.82) is 5.26 Å². The smallest absolute Gasteiger partial charge is 0.351 e. The van der Waals surface area contributed by atoms with E-state index in [9.17, 15) is 23.2 Å². The molecule has 9 heteroatoms. The Balaban J connectivity index is 2.49. The molecule has 0 aliphatic heterocycles. The van der Waals surface area contributed by atoms with E-state index in [-0.39, 0.29) is 16.6 Å². The Labute approximate surface area is 163 Å². The number of carbonyl (C=O) groups excluding carboxylic acids is 1. The van der Waals surface area contributed by atoms with Gasteiger partial charge in [0.1, 0.15) is 11.1 Å². The van der Waals surface area contributed by atoms with Gasteiger partial charge in [-0.25, -0.2) is 4.98 Å². The standard InChI is InChI=1S/C18H18F3N3OS2/c1-10(15(25)24-17(2,3)4)27-16-11(9-22)12(18(19,20)21)8-13(23-16)14-6-5-7-26-14/h5-8,10H,1-4H3,(H,24,25)/t10-/m0/s1. The minimum absolute atomic E-state index is 0.104. The van der Waals surface area contributed by atoms with Crippen molar-refractivity contribution in [2.24, 2.45) is 0 Å². The van der Waals surface area contributed by atoms with Gasteiger partial charge in [-0.15, -0.1) is 11.3 Å². The number of thiophene rings is 1. The van der Waals surface area contributed by atoms with Crippen LogP contribution in [0.15, 0.2) is 28.6 Å². The fourth-order valence-corrected chi connectivity index (χ4v) is 3.79. The molecule has 0 aromatic carbocycles. The van der Waals surface area contributed by atoms with Crippen LogP contribution in [0.4, 0.5) is 13.2 Å². The second kappa shape index (κ2) is 7.90. The van der Waals surface area contributed by atoms with Crippen LogP contribution < -0.4 is 5.32 Å². The van der Waals surface area contributed by atoms with Crippen molar-refractivity contribution < 1.29 is 18.0 Å². The van der Waals surface area contributed by atoms with Crippen LogP contribution in [-0.2, 0) is 11.0 Å². The third kappa shape index (κ3) is 5.47. The van der Waals surface area contributed by atoms with Crippen LogP contribution in [0, 0.1) is 11.3 Å². The van der Waals surface area contributed by atoms with E-state index in [4.69, 9.17) is 0 Å². The molecule has 0 fully saturated rings. The third-order valence-electron chi connectivity index (χ3n) is 3.33. The summed E-state index contributed by atoms with van der Waals surface area (Å²) >= 11 is 2.09. The zero-order chi connectivity index (χ0) is 20.4. The molecule has 2 aromatic rings. The quantitative estimate of drug-likeness (QED) is 0.709. The number of amides is 1. The minimum Gasteiger partial charge on any atom is -0.351 e. The summed E-state index contributed by atoms with van der Waals surface area (Å²) in [4.78, 5) is 17.1. The van der Waals surface area contributed by atoms with Crippen LogP contribution in [0.1, 0.15) is 38.8 Å². The second-order valence-electron chi connectivity index (χ2n) is 6.82. The van der Waals surface area contributed by atoms with Crippen molar-refractivity contribution in [2.75, 3.05) is 0 Å². The lowest BCUT2D eigenvalue weighted by Crippen LogP contribution is -2.44. The number of hydrogen-bond acceptors (Lipinski definition) is 5. The Morgan fingerprint density at radius 1 is 1.37 bits per heavy atom. The van der Waals surface area contributed by atoms with Gasteiger partial charge >= 0.3 is 6.18 Å². The van der Waals surface area contributed by atoms with Crippen LogP contribution in [0.5, 0.6) is 0 Å². The van der Waals surface area contributed by atoms with Gasteiger partial charge in [0.2, 0.25) is 5.91 Å². The van der Waals surface area contributed by atoms with E-state index in [1.165, 1.54) is 11.3 Å². The van der Waals surface area contributed by atoms with Gasteiger partial charge in [-0.2, -0.15) is 18.4 Å². The molecular weight excluding hydrogens is 395 g/mol. The van der Waals surface area contributed by atoms with Gasteiger partial charge in [-0.1, -0.05) is 17.8 Å². The first kappa shape index (κ1) is 21.3. The van der Waals surface area contributed by atoms with Crippen LogP contribution in [0.2, 0.25) is 0 Å². The maximum absolute atomic E-state index is 13.5. The molecule has 0 saturated heterocycles. The van der Waals surface area contributed by atoms with Gasteiger partial charge in [0.05, 0.1) is 26.9 Å². The highest BCUT2D eigenvalue weighted by molar-refractivity contribution is 8.00. The number of carbonyl (C=O) groups is 1. The summed E-state index contributed by atoms with van der Waals surface area (Å²) in [6.07, 6.45) is -4.70. The van der Waals surface area contributed by atoms with Crippen molar-refractivity contribution in [2.45, 2.75) is 49.7 Å². The van der Waals surface area contributed by atoms with Crippen molar-refractivity contribution >= 4 is 29.0 Å². The predicted molar refractivity (Wildman–Crippen MR) is 100 cm³/mol. The first-order valence-corrected chi connectivity index (χ1v) is 9.73. The van der Waals surface area contributed by atoms with Crippen LogP contribution in [0.3, 0.4) is 0 Å². The van der Waals surface area contributed by atoms with Crippen LogP contribution >= 0.6 is 23.1 Å². The summed E-state index contributed by atoms with van der Waals surface area (Å²) < 4.78 is 40.5. The Kier molecular flexibility index (Phi) is 6.22. The summed E-state index contributed by atoms with van der Waals surface area (Å²) in [5.74, 6) is -0.340. The first-order chi connectivity index (χ1) is 12.4. The summed E-state index contributed by atoms with van der Waals surface area (Å²) in [5, 5.41) is 13.0. The highest BCUT2D eigenvalue weighted by Gasteiger charge is 2.36. The van der Waals surface area contributed by atoms with E-state index in [0.29, 0.717) is 4.88 Å². The Hall–Kier alpha value is -2.05. The maximum Gasteiger partial charge on any atom is 0.417 e. The van der Waals surface area contributed by atoms with E-state index in [1.807, 2.05) is 0 Å². The molecule has 4 nitrogen and oxygen atoms in total. The van der Waals surface area contributed by atoms with E-state index in [0.717, 1.165) is 17.8 Å². The molecular formula is C18H18F3N3OS2. The van der Waals surface area contributed by atoms with E-state index in [1.54, 1.807) is 51.3 Å². The number of halogens is 3. The number of aromatic nitrogens is 1. The molecule has 2 heterocycles. The van der Waals surface area contributed by atoms with Crippen LogP contribution in [-0.4, -0.2) is 21.7 Å². The molecule has 0 saturated carbocycles. The molecule has 1 N–H and O–H groups in total. The monoisotopic (exact) mass is 413 g/mol. The first-order valence-electron chi connectivity index (χ1n) is 7.97. The molecule has 0 spiro atoms. The summed E-state index contributed by atoms with van der Waals surface area (Å²) in [7, 11) is 0. The van der Waals surface area contributed by atoms with Crippen molar-refractivity contribution in [3.63, 3.8) is 0 Å². The highest BCUT2D eigenvalue weighted by atomic mass is 32.2. The summed E-state index contributed by atoms with van der Waals surface area (Å²) in [5.41, 5.74) is -1.97. The average Bonchev–Trinajstić information content (AvgIpc) is 3.06. The van der Waals surface area contributed by atoms with Gasteiger partial charge in [0, 0.05) is 5.54 Å². The van der Waals surface area contributed by atoms with Gasteiger partial charge in [-0.05, 0) is 45.2 Å². The van der Waals surface area contributed by atoms with Gasteiger partial charge in [-0.3, -0.25) is 4.79 Å². The molecule has 1 atom stereocenters. The predicted octanol–water partition coefficient (Wildman–Crippen LogP) is 5.10. The lowest BCUT2D eigenvalue weighted by molar-refractivity contribution is -0.138. The van der Waals surface area contributed by atoms with Gasteiger partial charge < -0.3 is 5.32 Å². The highest BCUT2D eigenvalue weighted by Crippen LogP contribution is 2.39. The van der Waals surface area contributed by atoms with E-state index >= 15 is 0 Å². The zero-order valence-electron chi connectivity index (χ0n) is 15.1. The zero-order valence-corrected chi connectivity index (χ0v) is 16.8. The van der Waals surface area contributed by atoms with Crippen molar-refractivity contribution in [1.82, 2.24) is 10.3 Å². The Morgan fingerprint density at radius 3 is 2.52 bits per heavy atom. The lowest BCUT2D eigenvalue weighted by Gasteiger charge is -2.23. The van der Waals surface area contributed by atoms with Gasteiger partial charge in [0.15, 0.2) is 0 Å². The number of nitrogens with zero attached hydrogens (tertiary/aromatic N) is 2. The molecule has 0 radical (unpaired) electrons. The number of nitrogens with one attached hydrogen (secondary N) is 1. The SMILES string of the molecule is C[C@H](Sc1nc(-c2cccs2)cc(C(F)(F)F)c1C#N)C(=O)NC(C)(C)C. The number of hydrogen-bond donors (Lipinski definition) is 1. The molecule has 0 aliphatic carbocycles. The Bertz CT molecular complexity index is 866. The van der Waals surface area contributed by atoms with E-state index < -0.39 is 28.1 Å². The average molecular weight is 413 g/mol. The number of thioether (sulfide) groups is 1. The summed E-state index contributed by atoms with van der Waals surface area (Å²) in [6, 6.07) is 5.85. The third-order valence-corrected chi connectivity index (χ3v) is 5.31. The van der Waals surface area contributed by atoms with Gasteiger partial charge in [0.25, 0.3) is 0 Å². The molecule has 0 aliphatic rings. The van der Waals surface area contributed by atoms with Crippen molar-refractivity contribution in [3.8, 4) is 16.6 Å². The molecule has 144 valence electrons. The number of alkyl halides is 3. The molecule has 2 rings (SSSR count). The number of nitriles is 1. The molecule has 2 aromatic heterocycles. The molecule has 27 heavy (non-hydrogen) atoms. The number of rotatable bonds is 4. The Morgan fingerprint density at radius 2 is 2.04 bits per heavy atom. The minimum atomic E-state index is -4.70. The largest absolute Gasteiger partial charge is 0.417 e. The fourth-order valence-electron chi connectivity index (χ4n) is 2.18. The van der Waals surface area contributed by atoms with E-state index in [2.05, 4.69) is 10.3 Å². The number of pyridine rings is 1.